The summed E-state index contributed by atoms with van der Waals surface area (Å²) in [5, 5.41) is 0.696. The molecule has 0 saturated heterocycles. The summed E-state index contributed by atoms with van der Waals surface area (Å²) in [6.07, 6.45) is 5.70. The van der Waals surface area contributed by atoms with Gasteiger partial charge in [0.05, 0.1) is 7.11 Å². The lowest BCUT2D eigenvalue weighted by atomic mass is 10.1. The molecule has 0 aliphatic carbocycles. The minimum absolute atomic E-state index is 0.137. The zero-order valence-corrected chi connectivity index (χ0v) is 13.3. The number of hydrogen-bond donors (Lipinski definition) is 0. The Morgan fingerprint density at radius 1 is 1.18 bits per heavy atom. The van der Waals surface area contributed by atoms with Gasteiger partial charge in [-0.05, 0) is 54.3 Å². The van der Waals surface area contributed by atoms with Crippen molar-refractivity contribution in [2.45, 2.75) is 19.3 Å². The summed E-state index contributed by atoms with van der Waals surface area (Å²) in [6.45, 7) is 0. The van der Waals surface area contributed by atoms with Crippen molar-refractivity contribution in [3.05, 3.63) is 70.8 Å². The lowest BCUT2D eigenvalue weighted by Gasteiger charge is -2.03. The second kappa shape index (κ2) is 8.40. The van der Waals surface area contributed by atoms with Crippen LogP contribution in [0.4, 0.5) is 0 Å². The highest BCUT2D eigenvalue weighted by atomic mass is 35.5. The van der Waals surface area contributed by atoms with Crippen molar-refractivity contribution in [2.24, 2.45) is 0 Å². The molecule has 2 aromatic rings. The summed E-state index contributed by atoms with van der Waals surface area (Å²) in [4.78, 5) is 11.9. The summed E-state index contributed by atoms with van der Waals surface area (Å²) in [7, 11) is 1.66. The molecule has 0 fully saturated rings. The normalized spacial score (nSPS) is 10.8. The summed E-state index contributed by atoms with van der Waals surface area (Å²) >= 11 is 5.82. The maximum atomic E-state index is 11.9. The van der Waals surface area contributed by atoms with Crippen LogP contribution in [0.3, 0.4) is 0 Å². The highest BCUT2D eigenvalue weighted by Gasteiger charge is 2.00. The van der Waals surface area contributed by atoms with Crippen LogP contribution in [-0.2, 0) is 11.2 Å². The zero-order valence-electron chi connectivity index (χ0n) is 12.6. The molecule has 0 amide bonds. The van der Waals surface area contributed by atoms with E-state index in [1.54, 1.807) is 13.2 Å². The molecule has 0 saturated carbocycles. The summed E-state index contributed by atoms with van der Waals surface area (Å²) < 4.78 is 5.19. The second-order valence-corrected chi connectivity index (χ2v) is 5.49. The topological polar surface area (TPSA) is 26.3 Å². The van der Waals surface area contributed by atoms with Crippen LogP contribution in [0.25, 0.3) is 6.08 Å². The Morgan fingerprint density at radius 3 is 2.68 bits per heavy atom. The van der Waals surface area contributed by atoms with Crippen LogP contribution in [0.2, 0.25) is 5.02 Å². The molecule has 2 aromatic carbocycles. The molecule has 0 N–H and O–H groups in total. The quantitative estimate of drug-likeness (QED) is 0.676. The van der Waals surface area contributed by atoms with Crippen LogP contribution in [0.15, 0.2) is 54.6 Å². The number of rotatable bonds is 7. The first kappa shape index (κ1) is 16.3. The molecule has 0 unspecified atom stereocenters. The molecule has 22 heavy (non-hydrogen) atoms. The average molecular weight is 315 g/mol. The summed E-state index contributed by atoms with van der Waals surface area (Å²) in [6, 6.07) is 15.4. The highest BCUT2D eigenvalue weighted by Crippen LogP contribution is 2.15. The fourth-order valence-electron chi connectivity index (χ4n) is 2.14. The van der Waals surface area contributed by atoms with Crippen LogP contribution >= 0.6 is 11.6 Å². The third-order valence-electron chi connectivity index (χ3n) is 3.35. The third-order valence-corrected chi connectivity index (χ3v) is 3.61. The molecule has 3 heteroatoms. The Hall–Kier alpha value is -2.06. The highest BCUT2D eigenvalue weighted by molar-refractivity contribution is 6.30. The Kier molecular flexibility index (Phi) is 6.23. The third kappa shape index (κ3) is 5.38. The molecule has 0 aromatic heterocycles. The van der Waals surface area contributed by atoms with Crippen molar-refractivity contribution in [1.82, 2.24) is 0 Å². The van der Waals surface area contributed by atoms with Crippen molar-refractivity contribution < 1.29 is 9.53 Å². The molecule has 0 radical (unpaired) electrons. The number of allylic oxidation sites excluding steroid dienone is 1. The first-order valence-electron chi connectivity index (χ1n) is 7.27. The smallest absolute Gasteiger partial charge is 0.155 e. The van der Waals surface area contributed by atoms with Gasteiger partial charge in [0.2, 0.25) is 0 Å². The molecule has 0 aliphatic heterocycles. The monoisotopic (exact) mass is 314 g/mol. The number of halogens is 1. The van der Waals surface area contributed by atoms with Crippen LogP contribution in [0.5, 0.6) is 5.75 Å². The minimum atomic E-state index is 0.137. The summed E-state index contributed by atoms with van der Waals surface area (Å²) in [5.41, 5.74) is 2.17. The second-order valence-electron chi connectivity index (χ2n) is 5.06. The summed E-state index contributed by atoms with van der Waals surface area (Å²) in [5.74, 6) is 0.990. The van der Waals surface area contributed by atoms with Crippen molar-refractivity contribution >= 4 is 23.5 Å². The Labute approximate surface area is 136 Å². The Balaban J connectivity index is 1.78. The minimum Gasteiger partial charge on any atom is -0.497 e. The maximum absolute atomic E-state index is 11.9. The first-order valence-corrected chi connectivity index (χ1v) is 7.64. The molecule has 0 aliphatic rings. The van der Waals surface area contributed by atoms with Gasteiger partial charge >= 0.3 is 0 Å². The predicted molar refractivity (Wildman–Crippen MR) is 91.4 cm³/mol. The fraction of sp³-hybridized carbons (Fsp3) is 0.211. The van der Waals surface area contributed by atoms with E-state index in [1.165, 1.54) is 5.56 Å². The van der Waals surface area contributed by atoms with E-state index in [2.05, 4.69) is 6.07 Å². The first-order chi connectivity index (χ1) is 10.7. The van der Waals surface area contributed by atoms with E-state index in [0.29, 0.717) is 11.4 Å². The number of benzene rings is 2. The van der Waals surface area contributed by atoms with E-state index in [0.717, 1.165) is 24.2 Å². The van der Waals surface area contributed by atoms with Gasteiger partial charge in [-0.2, -0.15) is 0 Å². The Morgan fingerprint density at radius 2 is 1.95 bits per heavy atom. The van der Waals surface area contributed by atoms with Gasteiger partial charge in [-0.3, -0.25) is 4.79 Å². The largest absolute Gasteiger partial charge is 0.497 e. The predicted octanol–water partition coefficient (Wildman–Crippen LogP) is 4.95. The Bertz CT molecular complexity index is 645. The van der Waals surface area contributed by atoms with E-state index in [4.69, 9.17) is 16.3 Å². The van der Waals surface area contributed by atoms with Crippen LogP contribution < -0.4 is 4.74 Å². The lowest BCUT2D eigenvalue weighted by molar-refractivity contribution is -0.114. The number of hydrogen-bond acceptors (Lipinski definition) is 2. The van der Waals surface area contributed by atoms with Crippen molar-refractivity contribution in [1.29, 1.82) is 0 Å². The number of carbonyl (C=O) groups excluding carboxylic acids is 1. The van der Waals surface area contributed by atoms with Gasteiger partial charge in [0, 0.05) is 11.4 Å². The standard InChI is InChI=1S/C19H19ClO2/c1-22-19-7-3-5-16(14-19)4-2-6-18(21)13-10-15-8-11-17(20)12-9-15/h3,5,7-14H,2,4,6H2,1H3. The molecular weight excluding hydrogens is 296 g/mol. The molecule has 0 heterocycles. The fourth-order valence-corrected chi connectivity index (χ4v) is 2.27. The molecule has 114 valence electrons. The number of aryl methyl sites for hydroxylation is 1. The van der Waals surface area contributed by atoms with Crippen molar-refractivity contribution in [3.63, 3.8) is 0 Å². The number of methoxy groups -OCH3 is 1. The van der Waals surface area contributed by atoms with E-state index >= 15 is 0 Å². The van der Waals surface area contributed by atoms with E-state index in [-0.39, 0.29) is 5.78 Å². The van der Waals surface area contributed by atoms with E-state index < -0.39 is 0 Å². The molecular formula is C19H19ClO2. The van der Waals surface area contributed by atoms with E-state index in [1.807, 2.05) is 48.5 Å². The average Bonchev–Trinajstić information content (AvgIpc) is 2.54. The lowest BCUT2D eigenvalue weighted by Crippen LogP contribution is -1.95. The van der Waals surface area contributed by atoms with Crippen LogP contribution in [0, 0.1) is 0 Å². The van der Waals surface area contributed by atoms with Crippen molar-refractivity contribution in [2.75, 3.05) is 7.11 Å². The molecule has 0 atom stereocenters. The molecule has 2 nitrogen and oxygen atoms in total. The van der Waals surface area contributed by atoms with Gasteiger partial charge in [-0.15, -0.1) is 0 Å². The van der Waals surface area contributed by atoms with Gasteiger partial charge in [0.25, 0.3) is 0 Å². The van der Waals surface area contributed by atoms with Gasteiger partial charge in [0.1, 0.15) is 5.75 Å². The van der Waals surface area contributed by atoms with Gasteiger partial charge in [-0.25, -0.2) is 0 Å². The van der Waals surface area contributed by atoms with Crippen molar-refractivity contribution in [3.8, 4) is 5.75 Å². The number of ether oxygens (including phenoxy) is 1. The van der Waals surface area contributed by atoms with Crippen LogP contribution in [0.1, 0.15) is 24.0 Å². The maximum Gasteiger partial charge on any atom is 0.155 e. The van der Waals surface area contributed by atoms with Gasteiger partial charge in [0.15, 0.2) is 5.78 Å². The number of carbonyl (C=O) groups is 1. The van der Waals surface area contributed by atoms with E-state index in [9.17, 15) is 4.79 Å². The number of ketones is 1. The van der Waals surface area contributed by atoms with Gasteiger partial charge < -0.3 is 4.74 Å². The molecule has 0 bridgehead atoms. The SMILES string of the molecule is COc1cccc(CCCC(=O)C=Cc2ccc(Cl)cc2)c1. The zero-order chi connectivity index (χ0) is 15.8. The van der Waals surface area contributed by atoms with Gasteiger partial charge in [-0.1, -0.05) is 41.9 Å². The molecule has 0 spiro atoms. The molecule has 2 rings (SSSR count). The van der Waals surface area contributed by atoms with Crippen LogP contribution in [-0.4, -0.2) is 12.9 Å².